The first-order valence-corrected chi connectivity index (χ1v) is 3.43. The maximum atomic E-state index is 12.4. The third-order valence-corrected chi connectivity index (χ3v) is 1.95. The molecule has 1 aromatic rings. The molecule has 0 atom stereocenters. The molecule has 4 heteroatoms. The van der Waals surface area contributed by atoms with E-state index in [9.17, 15) is 13.6 Å². The topological polar surface area (TPSA) is 17.1 Å². The van der Waals surface area contributed by atoms with Crippen molar-refractivity contribution in [2.75, 3.05) is 0 Å². The van der Waals surface area contributed by atoms with Crippen LogP contribution in [0.15, 0.2) is 17.5 Å². The van der Waals surface area contributed by atoms with Crippen LogP contribution in [0.5, 0.6) is 0 Å². The lowest BCUT2D eigenvalue weighted by Gasteiger charge is -2.03. The van der Waals surface area contributed by atoms with Crippen molar-refractivity contribution in [1.29, 1.82) is 0 Å². The zero-order chi connectivity index (χ0) is 7.61. The predicted molar refractivity (Wildman–Crippen MR) is 34.3 cm³/mol. The fourth-order valence-corrected chi connectivity index (χ4v) is 1.19. The average molecular weight is 162 g/mol. The van der Waals surface area contributed by atoms with Gasteiger partial charge in [0.1, 0.15) is 0 Å². The Bertz CT molecular complexity index is 218. The number of halogens is 2. The van der Waals surface area contributed by atoms with E-state index >= 15 is 0 Å². The van der Waals surface area contributed by atoms with Gasteiger partial charge in [0.2, 0.25) is 0 Å². The first-order valence-electron chi connectivity index (χ1n) is 2.55. The minimum absolute atomic E-state index is 0.206. The van der Waals surface area contributed by atoms with Crippen LogP contribution >= 0.6 is 11.3 Å². The van der Waals surface area contributed by atoms with Gasteiger partial charge in [-0.3, -0.25) is 4.79 Å². The number of aldehydes is 1. The number of carbonyl (C=O) groups is 1. The number of carbonyl (C=O) groups excluding carboxylic acids is 1. The van der Waals surface area contributed by atoms with E-state index in [4.69, 9.17) is 0 Å². The number of hydrogen-bond donors (Lipinski definition) is 0. The zero-order valence-corrected chi connectivity index (χ0v) is 5.70. The predicted octanol–water partition coefficient (Wildman–Crippen LogP) is 2.04. The molecule has 1 heterocycles. The van der Waals surface area contributed by atoms with Gasteiger partial charge in [0.15, 0.2) is 6.29 Å². The van der Waals surface area contributed by atoms with E-state index in [1.165, 1.54) is 17.5 Å². The van der Waals surface area contributed by atoms with Crippen LogP contribution in [-0.4, -0.2) is 6.29 Å². The van der Waals surface area contributed by atoms with E-state index in [2.05, 4.69) is 0 Å². The molecule has 0 N–H and O–H groups in total. The molecule has 0 aliphatic rings. The third kappa shape index (κ3) is 1.21. The summed E-state index contributed by atoms with van der Waals surface area (Å²) in [6.45, 7) is 0. The Morgan fingerprint density at radius 1 is 1.60 bits per heavy atom. The molecule has 0 fully saturated rings. The van der Waals surface area contributed by atoms with Crippen molar-refractivity contribution in [3.05, 3.63) is 22.4 Å². The molecule has 0 aliphatic heterocycles. The zero-order valence-electron chi connectivity index (χ0n) is 4.88. The van der Waals surface area contributed by atoms with Gasteiger partial charge in [-0.25, -0.2) is 0 Å². The van der Waals surface area contributed by atoms with E-state index in [1.54, 1.807) is 0 Å². The van der Waals surface area contributed by atoms with Crippen LogP contribution in [0.1, 0.15) is 4.88 Å². The van der Waals surface area contributed by atoms with Gasteiger partial charge in [-0.15, -0.1) is 11.3 Å². The summed E-state index contributed by atoms with van der Waals surface area (Å²) in [6, 6.07) is 2.72. The van der Waals surface area contributed by atoms with Crippen molar-refractivity contribution in [3.8, 4) is 0 Å². The van der Waals surface area contributed by atoms with Gasteiger partial charge >= 0.3 is 5.92 Å². The standard InChI is InChI=1S/C6H4F2OS/c7-6(8,4-9)5-2-1-3-10-5/h1-4H. The van der Waals surface area contributed by atoms with Crippen molar-refractivity contribution >= 4 is 17.6 Å². The number of thiophene rings is 1. The Balaban J connectivity index is 2.95. The minimum Gasteiger partial charge on any atom is -0.296 e. The fraction of sp³-hybridized carbons (Fsp3) is 0.167. The van der Waals surface area contributed by atoms with Gasteiger partial charge in [0, 0.05) is 0 Å². The Morgan fingerprint density at radius 2 is 2.30 bits per heavy atom. The molecule has 0 unspecified atom stereocenters. The Kier molecular flexibility index (Phi) is 1.80. The molecule has 10 heavy (non-hydrogen) atoms. The van der Waals surface area contributed by atoms with Crippen LogP contribution in [0.4, 0.5) is 8.78 Å². The highest BCUT2D eigenvalue weighted by atomic mass is 32.1. The number of rotatable bonds is 2. The smallest absolute Gasteiger partial charge is 0.296 e. The van der Waals surface area contributed by atoms with Crippen molar-refractivity contribution in [1.82, 2.24) is 0 Å². The van der Waals surface area contributed by atoms with Crippen LogP contribution in [0, 0.1) is 0 Å². The van der Waals surface area contributed by atoms with Crippen molar-refractivity contribution in [2.45, 2.75) is 5.92 Å². The molecule has 1 aromatic heterocycles. The molecule has 0 spiro atoms. The molecule has 54 valence electrons. The Hall–Kier alpha value is -0.770. The van der Waals surface area contributed by atoms with Crippen LogP contribution < -0.4 is 0 Å². The number of alkyl halides is 2. The van der Waals surface area contributed by atoms with Crippen LogP contribution in [0.25, 0.3) is 0 Å². The summed E-state index contributed by atoms with van der Waals surface area (Å²) < 4.78 is 24.7. The Morgan fingerprint density at radius 3 is 2.70 bits per heavy atom. The summed E-state index contributed by atoms with van der Waals surface area (Å²) >= 11 is 0.873. The largest absolute Gasteiger partial charge is 0.336 e. The summed E-state index contributed by atoms with van der Waals surface area (Å²) in [5, 5.41) is 1.51. The van der Waals surface area contributed by atoms with E-state index in [0.717, 1.165) is 11.3 Å². The summed E-state index contributed by atoms with van der Waals surface area (Å²) in [7, 11) is 0. The molecule has 1 nitrogen and oxygen atoms in total. The molecule has 0 aromatic carbocycles. The lowest BCUT2D eigenvalue weighted by molar-refractivity contribution is -0.129. The van der Waals surface area contributed by atoms with E-state index in [0.29, 0.717) is 0 Å². The maximum Gasteiger partial charge on any atom is 0.336 e. The van der Waals surface area contributed by atoms with Crippen LogP contribution in [0.2, 0.25) is 0 Å². The highest BCUT2D eigenvalue weighted by Crippen LogP contribution is 2.28. The lowest BCUT2D eigenvalue weighted by Crippen LogP contribution is -2.12. The highest BCUT2D eigenvalue weighted by Gasteiger charge is 2.31. The third-order valence-electron chi connectivity index (χ3n) is 0.998. The minimum atomic E-state index is -3.30. The number of hydrogen-bond acceptors (Lipinski definition) is 2. The van der Waals surface area contributed by atoms with Crippen LogP contribution in [0.3, 0.4) is 0 Å². The summed E-state index contributed by atoms with van der Waals surface area (Å²) in [6.07, 6.45) is -0.348. The molecule has 0 aliphatic carbocycles. The van der Waals surface area contributed by atoms with E-state index in [1.807, 2.05) is 0 Å². The van der Waals surface area contributed by atoms with Gasteiger partial charge in [-0.05, 0) is 11.4 Å². The fourth-order valence-electron chi connectivity index (χ4n) is 0.526. The quantitative estimate of drug-likeness (QED) is 0.608. The molecular weight excluding hydrogens is 158 g/mol. The second-order valence-electron chi connectivity index (χ2n) is 1.72. The Labute approximate surface area is 60.3 Å². The molecule has 0 amide bonds. The van der Waals surface area contributed by atoms with Crippen LogP contribution in [-0.2, 0) is 10.7 Å². The van der Waals surface area contributed by atoms with Gasteiger partial charge in [-0.2, -0.15) is 8.78 Å². The normalized spacial score (nSPS) is 11.4. The second kappa shape index (κ2) is 2.46. The SMILES string of the molecule is O=CC(F)(F)c1cccs1. The molecular formula is C6H4F2OS. The summed E-state index contributed by atoms with van der Waals surface area (Å²) in [5.74, 6) is -3.30. The van der Waals surface area contributed by atoms with Crippen molar-refractivity contribution < 1.29 is 13.6 Å². The van der Waals surface area contributed by atoms with Gasteiger partial charge in [0.25, 0.3) is 0 Å². The van der Waals surface area contributed by atoms with Gasteiger partial charge in [0.05, 0.1) is 4.88 Å². The summed E-state index contributed by atoms with van der Waals surface area (Å²) in [5.41, 5.74) is 0. The first kappa shape index (κ1) is 7.34. The first-order chi connectivity index (χ1) is 4.67. The lowest BCUT2D eigenvalue weighted by atomic mass is 10.3. The second-order valence-corrected chi connectivity index (χ2v) is 2.67. The molecule has 1 rings (SSSR count). The van der Waals surface area contributed by atoms with E-state index in [-0.39, 0.29) is 11.2 Å². The average Bonchev–Trinajstić information content (AvgIpc) is 2.38. The molecule has 0 saturated carbocycles. The van der Waals surface area contributed by atoms with Crippen molar-refractivity contribution in [3.63, 3.8) is 0 Å². The van der Waals surface area contributed by atoms with E-state index < -0.39 is 5.92 Å². The maximum absolute atomic E-state index is 12.4. The van der Waals surface area contributed by atoms with Gasteiger partial charge in [-0.1, -0.05) is 6.07 Å². The summed E-state index contributed by atoms with van der Waals surface area (Å²) in [4.78, 5) is 9.58. The molecule has 0 bridgehead atoms. The van der Waals surface area contributed by atoms with Gasteiger partial charge < -0.3 is 0 Å². The molecule has 0 radical (unpaired) electrons. The molecule has 0 saturated heterocycles. The highest BCUT2D eigenvalue weighted by molar-refractivity contribution is 7.10. The monoisotopic (exact) mass is 162 g/mol. The van der Waals surface area contributed by atoms with Crippen molar-refractivity contribution in [2.24, 2.45) is 0 Å².